The summed E-state index contributed by atoms with van der Waals surface area (Å²) in [6.45, 7) is 9.48. The Hall–Kier alpha value is 4.23. The normalized spacial score (nSPS) is 12.0. The van der Waals surface area contributed by atoms with Crippen molar-refractivity contribution in [1.82, 2.24) is 0 Å². The molecule has 0 aromatic rings. The van der Waals surface area contributed by atoms with Gasteiger partial charge in [-0.3, -0.25) is 0 Å². The molecule has 0 N–H and O–H groups in total. The summed E-state index contributed by atoms with van der Waals surface area (Å²) in [6, 6.07) is 0. The molecule has 0 saturated heterocycles. The van der Waals surface area contributed by atoms with E-state index in [0.717, 1.165) is 0 Å². The average Bonchev–Trinajstić information content (AvgIpc) is 2.78. The van der Waals surface area contributed by atoms with Crippen LogP contribution in [0.15, 0.2) is 0 Å². The summed E-state index contributed by atoms with van der Waals surface area (Å²) in [5, 5.41) is 0. The van der Waals surface area contributed by atoms with E-state index in [-0.39, 0.29) is 0 Å². The fourth-order valence-corrected chi connectivity index (χ4v) is 9.99. The summed E-state index contributed by atoms with van der Waals surface area (Å²) in [5.41, 5.74) is 0. The first-order valence-corrected chi connectivity index (χ1v) is 56.4. The molecule has 0 bridgehead atoms. The summed E-state index contributed by atoms with van der Waals surface area (Å²) in [5.74, 6) is 0. The first kappa shape index (κ1) is 40.4. The van der Waals surface area contributed by atoms with E-state index in [1.807, 2.05) is 0 Å². The van der Waals surface area contributed by atoms with Crippen LogP contribution in [0.2, 0.25) is 0 Å². The van der Waals surface area contributed by atoms with Gasteiger partial charge in [-0.25, -0.2) is 0 Å². The maximum atomic E-state index is 2.55. The summed E-state index contributed by atoms with van der Waals surface area (Å²) in [6.07, 6.45) is 36.0. The third kappa shape index (κ3) is 34.3. The third-order valence-electron chi connectivity index (χ3n) is 6.94. The molecule has 0 nitrogen and oxygen atoms in total. The molecule has 0 fully saturated rings. The molecule has 1 radical (unpaired) electrons. The molecule has 0 atom stereocenters. The van der Waals surface area contributed by atoms with Crippen molar-refractivity contribution in [3.05, 3.63) is 0 Å². The van der Waals surface area contributed by atoms with Crippen LogP contribution in [0.4, 0.5) is 0 Å². The SMILES string of the molecule is CCCCCCCCCCCCCCCC[P+](CCCC)(CCCC)CCCC.[I][Bi]([I])([I])[I]. The van der Waals surface area contributed by atoms with E-state index in [4.69, 9.17) is 0 Å². The van der Waals surface area contributed by atoms with Gasteiger partial charge in [-0.15, -0.1) is 0 Å². The van der Waals surface area contributed by atoms with Gasteiger partial charge in [-0.1, -0.05) is 124 Å². The number of hydrogen-bond acceptors (Lipinski definition) is 0. The molecule has 0 aromatic carbocycles. The van der Waals surface area contributed by atoms with Crippen LogP contribution >= 0.6 is 79.4 Å². The van der Waals surface area contributed by atoms with Gasteiger partial charge in [0.15, 0.2) is 0 Å². The molecule has 0 amide bonds. The van der Waals surface area contributed by atoms with E-state index in [1.165, 1.54) is 122 Å². The zero-order valence-corrected chi connectivity index (χ0v) is 36.4. The van der Waals surface area contributed by atoms with Gasteiger partial charge in [0.05, 0.1) is 24.6 Å². The molecule has 6 heteroatoms. The van der Waals surface area contributed by atoms with Crippen molar-refractivity contribution in [2.24, 2.45) is 0 Å². The molecule has 0 aliphatic carbocycles. The van der Waals surface area contributed by atoms with Crippen molar-refractivity contribution in [3.8, 4) is 0 Å². The topological polar surface area (TPSA) is 0 Å². The predicted molar refractivity (Wildman–Crippen MR) is 203 cm³/mol. The Bertz CT molecular complexity index is 363. The molecular weight excluding hydrogens is 1080 g/mol. The van der Waals surface area contributed by atoms with Gasteiger partial charge < -0.3 is 0 Å². The fraction of sp³-hybridized carbons (Fsp3) is 1.00. The molecule has 0 aromatic heterocycles. The average molecular weight is 1140 g/mol. The minimum atomic E-state index is -1.34. The summed E-state index contributed by atoms with van der Waals surface area (Å²) in [4.78, 5) is 0. The molecule has 0 saturated carbocycles. The van der Waals surface area contributed by atoms with Crippen LogP contribution in [-0.2, 0) is 0 Å². The monoisotopic (exact) mass is 1140 g/mol. The predicted octanol–water partition coefficient (Wildman–Crippen LogP) is 14.0. The number of hydrogen-bond donors (Lipinski definition) is 0. The van der Waals surface area contributed by atoms with E-state index in [2.05, 4.69) is 99.9 Å². The summed E-state index contributed by atoms with van der Waals surface area (Å²) < 4.78 is -1.34. The first-order valence-electron chi connectivity index (χ1n) is 14.8. The third-order valence-corrected chi connectivity index (χ3v) is 12.0. The Morgan fingerprint density at radius 3 is 0.824 bits per heavy atom. The van der Waals surface area contributed by atoms with Gasteiger partial charge in [0.1, 0.15) is 0 Å². The van der Waals surface area contributed by atoms with Crippen LogP contribution in [-0.4, -0.2) is 28.2 Å². The van der Waals surface area contributed by atoms with Crippen molar-refractivity contribution in [1.29, 1.82) is 0 Å². The van der Waals surface area contributed by atoms with E-state index in [9.17, 15) is 0 Å². The van der Waals surface area contributed by atoms with Gasteiger partial charge in [-0.2, -0.15) is 0 Å². The summed E-state index contributed by atoms with van der Waals surface area (Å²) in [7, 11) is -0.630. The van der Waals surface area contributed by atoms with Crippen LogP contribution in [0.5, 0.6) is 0 Å². The van der Waals surface area contributed by atoms with Gasteiger partial charge in [-0.05, 0) is 32.1 Å². The van der Waals surface area contributed by atoms with E-state index in [0.29, 0.717) is 0 Å². The Labute approximate surface area is 259 Å². The second-order valence-electron chi connectivity index (χ2n) is 10.3. The minimum absolute atomic E-state index is 0.630. The van der Waals surface area contributed by atoms with Crippen molar-refractivity contribution in [3.63, 3.8) is 0 Å². The zero-order valence-electron chi connectivity index (χ0n) is 23.4. The molecular formula is C28H60BiI4P+. The molecule has 0 aliphatic heterocycles. The van der Waals surface area contributed by atoms with E-state index < -0.39 is 10.8 Å². The van der Waals surface area contributed by atoms with Crippen molar-refractivity contribution < 1.29 is 0 Å². The van der Waals surface area contributed by atoms with Crippen LogP contribution in [0, 0.1) is 0 Å². The summed E-state index contributed by atoms with van der Waals surface area (Å²) >= 11 is 10.2. The van der Waals surface area contributed by atoms with Crippen molar-refractivity contribution >= 4 is 82.9 Å². The van der Waals surface area contributed by atoms with Gasteiger partial charge in [0.2, 0.25) is 0 Å². The van der Waals surface area contributed by atoms with Crippen LogP contribution in [0.25, 0.3) is 0 Å². The van der Waals surface area contributed by atoms with Crippen molar-refractivity contribution in [2.45, 2.75) is 156 Å². The number of rotatable bonds is 24. The van der Waals surface area contributed by atoms with Gasteiger partial charge in [0.25, 0.3) is 0 Å². The fourth-order valence-electron chi connectivity index (χ4n) is 4.79. The van der Waals surface area contributed by atoms with E-state index >= 15 is 0 Å². The zero-order chi connectivity index (χ0) is 26.0. The molecule has 0 rings (SSSR count). The Kier molecular flexibility index (Phi) is 35.9. The molecule has 0 aliphatic rings. The first-order chi connectivity index (χ1) is 16.2. The quantitative estimate of drug-likeness (QED) is 0.0391. The Balaban J connectivity index is 0. The molecule has 0 unspecified atom stereocenters. The standard InChI is InChI=1S/C28H60P.Bi.4HI/c1-5-9-13-14-15-16-17-18-19-20-21-22-23-24-28-29(25-10-6-2,26-11-7-3)27-12-8-4;;;;;/h5-28H2,1-4H3;;4*1H/q+1;+4;;;;/p-4. The second kappa shape index (κ2) is 30.2. The molecule has 0 heterocycles. The van der Waals surface area contributed by atoms with Gasteiger partial charge in [0, 0.05) is 7.26 Å². The molecule has 0 spiro atoms. The number of unbranched alkanes of at least 4 members (excludes halogenated alkanes) is 16. The Morgan fingerprint density at radius 1 is 0.353 bits per heavy atom. The Morgan fingerprint density at radius 2 is 0.559 bits per heavy atom. The van der Waals surface area contributed by atoms with Crippen molar-refractivity contribution in [2.75, 3.05) is 24.6 Å². The maximum absolute atomic E-state index is 2.55. The number of halogens is 4. The van der Waals surface area contributed by atoms with Gasteiger partial charge >= 0.3 is 75.7 Å². The second-order valence-corrected chi connectivity index (χ2v) is 166. The molecule has 34 heavy (non-hydrogen) atoms. The van der Waals surface area contributed by atoms with Crippen LogP contribution in [0.1, 0.15) is 156 Å². The molecule has 209 valence electrons. The van der Waals surface area contributed by atoms with Crippen LogP contribution < -0.4 is 0 Å². The van der Waals surface area contributed by atoms with E-state index in [1.54, 1.807) is 31.1 Å². The van der Waals surface area contributed by atoms with Crippen LogP contribution in [0.3, 0.4) is 0 Å².